The van der Waals surface area contributed by atoms with Crippen LogP contribution in [0, 0.1) is 5.82 Å². The van der Waals surface area contributed by atoms with E-state index in [1.165, 1.54) is 12.1 Å². The van der Waals surface area contributed by atoms with Crippen LogP contribution in [0.5, 0.6) is 5.75 Å². The molecule has 4 nitrogen and oxygen atoms in total. The average Bonchev–Trinajstić information content (AvgIpc) is 3.25. The van der Waals surface area contributed by atoms with E-state index in [1.807, 2.05) is 13.8 Å². The van der Waals surface area contributed by atoms with Gasteiger partial charge in [-0.05, 0) is 36.1 Å². The van der Waals surface area contributed by atoms with Crippen molar-refractivity contribution in [3.05, 3.63) is 65.7 Å². The Balaban J connectivity index is 0.00000140. The first-order chi connectivity index (χ1) is 16.0. The van der Waals surface area contributed by atoms with Crippen molar-refractivity contribution >= 4 is 16.5 Å². The van der Waals surface area contributed by atoms with Crippen LogP contribution in [0.15, 0.2) is 48.8 Å². The maximum atomic E-state index is 14.2. The van der Waals surface area contributed by atoms with E-state index in [-0.39, 0.29) is 7.43 Å². The number of alkyl halides is 3. The van der Waals surface area contributed by atoms with Gasteiger partial charge in [0.1, 0.15) is 11.6 Å². The number of aromatic nitrogens is 1. The molecule has 2 aromatic carbocycles. The summed E-state index contributed by atoms with van der Waals surface area (Å²) in [4.78, 5) is 4.02. The summed E-state index contributed by atoms with van der Waals surface area (Å²) < 4.78 is 62.1. The van der Waals surface area contributed by atoms with E-state index in [0.29, 0.717) is 41.0 Å². The Morgan fingerprint density at radius 2 is 1.83 bits per heavy atom. The first-order valence-electron chi connectivity index (χ1n) is 11.3. The van der Waals surface area contributed by atoms with Gasteiger partial charge in [-0.15, -0.1) is 0 Å². The minimum atomic E-state index is -4.92. The van der Waals surface area contributed by atoms with Crippen LogP contribution < -0.4 is 10.1 Å². The number of pyridine rings is 1. The summed E-state index contributed by atoms with van der Waals surface area (Å²) in [5, 5.41) is 15.1. The van der Waals surface area contributed by atoms with Gasteiger partial charge in [-0.25, -0.2) is 4.39 Å². The number of ether oxygens (including phenoxy) is 1. The second-order valence-electron chi connectivity index (χ2n) is 8.89. The van der Waals surface area contributed by atoms with Crippen molar-refractivity contribution in [2.45, 2.75) is 65.2 Å². The summed E-state index contributed by atoms with van der Waals surface area (Å²) in [6.07, 6.45) is -1.93. The molecular formula is C27H34F4N2O2. The van der Waals surface area contributed by atoms with E-state index in [9.17, 15) is 22.7 Å². The van der Waals surface area contributed by atoms with Gasteiger partial charge < -0.3 is 15.2 Å². The number of nitrogens with one attached hydrogen (secondary N) is 1. The van der Waals surface area contributed by atoms with E-state index in [4.69, 9.17) is 4.74 Å². The standard InChI is InChI=1S/C24H24F4N2O2.C2H6.CH4/c1-22(2,19-11-17(25)10-15-7-9-32-21(15)19)13-23(31,24(26,27)28)14-30-20-5-3-4-16-12-29-8-6-18(16)20;1-2;/h3-6,8,10-12,30-31H,7,9,13-14H2,1-2H3;1-2H3;1H4/t23-;;/m1../s1. The van der Waals surface area contributed by atoms with Crippen molar-refractivity contribution in [1.82, 2.24) is 4.98 Å². The molecule has 2 N–H and O–H groups in total. The first kappa shape index (κ1) is 28.4. The zero-order valence-corrected chi connectivity index (χ0v) is 19.8. The number of fused-ring (bicyclic) bond motifs is 2. The molecule has 0 radical (unpaired) electrons. The van der Waals surface area contributed by atoms with Gasteiger partial charge in [0.05, 0.1) is 13.2 Å². The van der Waals surface area contributed by atoms with Gasteiger partial charge in [-0.2, -0.15) is 13.2 Å². The zero-order chi connectivity index (χ0) is 25.1. The minimum Gasteiger partial charge on any atom is -0.493 e. The second-order valence-corrected chi connectivity index (χ2v) is 8.89. The van der Waals surface area contributed by atoms with Crippen LogP contribution in [0.25, 0.3) is 10.8 Å². The molecule has 4 rings (SSSR count). The molecule has 192 valence electrons. The SMILES string of the molecule is C.CC.CC(C)(C[C@@](O)(CNc1cccc2cnccc12)C(F)(F)F)c1cc(F)cc2c1OCC2. The highest BCUT2D eigenvalue weighted by Gasteiger charge is 2.56. The summed E-state index contributed by atoms with van der Waals surface area (Å²) in [5.74, 6) is -0.120. The number of aliphatic hydroxyl groups is 1. The lowest BCUT2D eigenvalue weighted by Crippen LogP contribution is -2.53. The van der Waals surface area contributed by atoms with E-state index < -0.39 is 36.0 Å². The smallest absolute Gasteiger partial charge is 0.418 e. The lowest BCUT2D eigenvalue weighted by molar-refractivity contribution is -0.260. The molecule has 1 aromatic heterocycles. The summed E-state index contributed by atoms with van der Waals surface area (Å²) in [7, 11) is 0. The van der Waals surface area contributed by atoms with Crippen LogP contribution in [0.2, 0.25) is 0 Å². The fourth-order valence-electron chi connectivity index (χ4n) is 4.38. The van der Waals surface area contributed by atoms with Gasteiger partial charge in [0.2, 0.25) is 0 Å². The molecule has 1 aliphatic heterocycles. The first-order valence-corrected chi connectivity index (χ1v) is 11.3. The Bertz CT molecular complexity index is 1140. The monoisotopic (exact) mass is 494 g/mol. The molecule has 0 fully saturated rings. The van der Waals surface area contributed by atoms with E-state index in [2.05, 4.69) is 10.3 Å². The Labute approximate surface area is 204 Å². The second kappa shape index (κ2) is 10.8. The van der Waals surface area contributed by atoms with Crippen LogP contribution in [0.4, 0.5) is 23.2 Å². The maximum Gasteiger partial charge on any atom is 0.418 e. The molecule has 2 heterocycles. The molecule has 35 heavy (non-hydrogen) atoms. The number of benzene rings is 2. The van der Waals surface area contributed by atoms with Gasteiger partial charge in [-0.1, -0.05) is 47.3 Å². The minimum absolute atomic E-state index is 0. The van der Waals surface area contributed by atoms with Crippen molar-refractivity contribution in [3.63, 3.8) is 0 Å². The quantitative estimate of drug-likeness (QED) is 0.361. The molecule has 1 atom stereocenters. The van der Waals surface area contributed by atoms with Crippen molar-refractivity contribution < 1.29 is 27.4 Å². The topological polar surface area (TPSA) is 54.4 Å². The van der Waals surface area contributed by atoms with Gasteiger partial charge in [0.15, 0.2) is 5.60 Å². The van der Waals surface area contributed by atoms with Crippen LogP contribution in [0.1, 0.15) is 52.7 Å². The largest absolute Gasteiger partial charge is 0.493 e. The molecule has 1 aliphatic rings. The Kier molecular flexibility index (Phi) is 8.76. The van der Waals surface area contributed by atoms with Gasteiger partial charge in [-0.3, -0.25) is 4.98 Å². The molecule has 0 aliphatic carbocycles. The highest BCUT2D eigenvalue weighted by Crippen LogP contribution is 2.46. The molecule has 8 heteroatoms. The van der Waals surface area contributed by atoms with Crippen molar-refractivity contribution in [1.29, 1.82) is 0 Å². The molecule has 0 saturated heterocycles. The van der Waals surface area contributed by atoms with Crippen LogP contribution in [0.3, 0.4) is 0 Å². The molecule has 0 unspecified atom stereocenters. The lowest BCUT2D eigenvalue weighted by Gasteiger charge is -2.38. The van der Waals surface area contributed by atoms with Gasteiger partial charge in [0.25, 0.3) is 0 Å². The van der Waals surface area contributed by atoms with Crippen LogP contribution >= 0.6 is 0 Å². The summed E-state index contributed by atoms with van der Waals surface area (Å²) in [6.45, 7) is 6.71. The molecule has 3 aromatic rings. The fourth-order valence-corrected chi connectivity index (χ4v) is 4.38. The van der Waals surface area contributed by atoms with Crippen molar-refractivity contribution in [3.8, 4) is 5.75 Å². The highest BCUT2D eigenvalue weighted by atomic mass is 19.4. The predicted molar refractivity (Wildman–Crippen MR) is 133 cm³/mol. The Morgan fingerprint density at radius 3 is 2.51 bits per heavy atom. The summed E-state index contributed by atoms with van der Waals surface area (Å²) in [6, 6.07) is 9.40. The average molecular weight is 495 g/mol. The van der Waals surface area contributed by atoms with Crippen LogP contribution in [-0.4, -0.2) is 35.0 Å². The fraction of sp³-hybridized carbons (Fsp3) is 0.444. The zero-order valence-electron chi connectivity index (χ0n) is 19.8. The summed E-state index contributed by atoms with van der Waals surface area (Å²) >= 11 is 0. The third-order valence-electron chi connectivity index (χ3n) is 5.99. The third kappa shape index (κ3) is 5.86. The van der Waals surface area contributed by atoms with Crippen LogP contribution in [-0.2, 0) is 11.8 Å². The maximum absolute atomic E-state index is 14.2. The van der Waals surface area contributed by atoms with Crippen molar-refractivity contribution in [2.24, 2.45) is 0 Å². The molecule has 0 spiro atoms. The lowest BCUT2D eigenvalue weighted by atomic mass is 9.74. The molecule has 0 saturated carbocycles. The number of nitrogens with zero attached hydrogens (tertiary/aromatic N) is 1. The number of halogens is 4. The highest BCUT2D eigenvalue weighted by molar-refractivity contribution is 5.93. The molecular weight excluding hydrogens is 460 g/mol. The van der Waals surface area contributed by atoms with E-state index in [1.54, 1.807) is 50.5 Å². The number of anilines is 1. The number of hydrogen-bond donors (Lipinski definition) is 2. The summed E-state index contributed by atoms with van der Waals surface area (Å²) in [5.41, 5.74) is -2.87. The number of hydrogen-bond acceptors (Lipinski definition) is 4. The van der Waals surface area contributed by atoms with E-state index >= 15 is 0 Å². The molecule has 0 bridgehead atoms. The van der Waals surface area contributed by atoms with Crippen molar-refractivity contribution in [2.75, 3.05) is 18.5 Å². The third-order valence-corrected chi connectivity index (χ3v) is 5.99. The molecule has 0 amide bonds. The normalized spacial score (nSPS) is 14.7. The van der Waals surface area contributed by atoms with Gasteiger partial charge >= 0.3 is 6.18 Å². The van der Waals surface area contributed by atoms with E-state index in [0.717, 1.165) is 5.39 Å². The Hall–Kier alpha value is -2.87. The Morgan fingerprint density at radius 1 is 1.11 bits per heavy atom. The predicted octanol–water partition coefficient (Wildman–Crippen LogP) is 7.04. The van der Waals surface area contributed by atoms with Gasteiger partial charge in [0, 0.05) is 46.4 Å². The number of rotatable bonds is 6.